The average molecular weight is 173 g/mol. The van der Waals surface area contributed by atoms with Crippen molar-refractivity contribution in [3.63, 3.8) is 0 Å². The third kappa shape index (κ3) is 2.87. The number of primary amides is 2. The van der Waals surface area contributed by atoms with Crippen LogP contribution in [-0.4, -0.2) is 23.4 Å². The number of rotatable bonds is 4. The molecule has 5 heteroatoms. The molecule has 0 heterocycles. The molecule has 0 aromatic rings. The Morgan fingerprint density at radius 3 is 2.00 bits per heavy atom. The van der Waals surface area contributed by atoms with Gasteiger partial charge in [0.1, 0.15) is 0 Å². The number of carbonyl (C=O) groups is 2. The first kappa shape index (κ1) is 10.9. The van der Waals surface area contributed by atoms with Crippen LogP contribution < -0.4 is 16.8 Å². The number of hydrogen-bond donors (Lipinski definition) is 3. The minimum absolute atomic E-state index is 0.510. The third-order valence-electron chi connectivity index (χ3n) is 1.62. The minimum atomic E-state index is -0.908. The summed E-state index contributed by atoms with van der Waals surface area (Å²) < 4.78 is 0. The Balaban J connectivity index is 4.24. The highest BCUT2D eigenvalue weighted by Crippen LogP contribution is 2.01. The summed E-state index contributed by atoms with van der Waals surface area (Å²) in [4.78, 5) is 21.4. The van der Waals surface area contributed by atoms with Crippen molar-refractivity contribution in [3.05, 3.63) is 0 Å². The van der Waals surface area contributed by atoms with Crippen LogP contribution in [-0.2, 0) is 9.59 Å². The molecule has 0 saturated carbocycles. The average Bonchev–Trinajstić information content (AvgIpc) is 1.85. The smallest absolute Gasteiger partial charge is 0.237 e. The fourth-order valence-electron chi connectivity index (χ4n) is 0.684. The second kappa shape index (κ2) is 3.53. The molecule has 5 N–H and O–H groups in total. The molecule has 1 unspecified atom stereocenters. The standard InChI is InChI=1S/C7H15N3O2/c1-4(5(8)11)10-7(2,3)6(9)12/h4,10H,1-3H3,(H2,8,11)(H2,9,12). The van der Waals surface area contributed by atoms with Gasteiger partial charge in [-0.05, 0) is 20.8 Å². The largest absolute Gasteiger partial charge is 0.368 e. The van der Waals surface area contributed by atoms with Crippen molar-refractivity contribution in [2.45, 2.75) is 32.4 Å². The third-order valence-corrected chi connectivity index (χ3v) is 1.62. The van der Waals surface area contributed by atoms with E-state index < -0.39 is 23.4 Å². The van der Waals surface area contributed by atoms with Gasteiger partial charge in [-0.15, -0.1) is 0 Å². The quantitative estimate of drug-likeness (QED) is 0.493. The molecule has 0 radical (unpaired) electrons. The van der Waals surface area contributed by atoms with E-state index in [2.05, 4.69) is 5.32 Å². The summed E-state index contributed by atoms with van der Waals surface area (Å²) >= 11 is 0. The van der Waals surface area contributed by atoms with Gasteiger partial charge in [0, 0.05) is 0 Å². The van der Waals surface area contributed by atoms with Gasteiger partial charge in [-0.1, -0.05) is 0 Å². The van der Waals surface area contributed by atoms with Crippen molar-refractivity contribution >= 4 is 11.8 Å². The van der Waals surface area contributed by atoms with Crippen LogP contribution in [0.1, 0.15) is 20.8 Å². The first-order valence-electron chi connectivity index (χ1n) is 3.64. The molecule has 12 heavy (non-hydrogen) atoms. The normalized spacial score (nSPS) is 13.9. The topological polar surface area (TPSA) is 98.2 Å². The zero-order chi connectivity index (χ0) is 9.94. The summed E-state index contributed by atoms with van der Waals surface area (Å²) in [6.45, 7) is 4.76. The molecular weight excluding hydrogens is 158 g/mol. The molecule has 0 aromatic heterocycles. The maximum atomic E-state index is 10.8. The first-order valence-corrected chi connectivity index (χ1v) is 3.64. The molecule has 0 aliphatic heterocycles. The lowest BCUT2D eigenvalue weighted by Gasteiger charge is -2.25. The van der Waals surface area contributed by atoms with E-state index >= 15 is 0 Å². The zero-order valence-electron chi connectivity index (χ0n) is 7.55. The molecule has 0 aliphatic rings. The summed E-state index contributed by atoms with van der Waals surface area (Å²) in [5.74, 6) is -1.03. The zero-order valence-corrected chi connectivity index (χ0v) is 7.55. The monoisotopic (exact) mass is 173 g/mol. The Morgan fingerprint density at radius 2 is 1.75 bits per heavy atom. The van der Waals surface area contributed by atoms with Gasteiger partial charge in [0.15, 0.2) is 0 Å². The van der Waals surface area contributed by atoms with Crippen LogP contribution in [0.15, 0.2) is 0 Å². The van der Waals surface area contributed by atoms with Gasteiger partial charge in [-0.3, -0.25) is 14.9 Å². The highest BCUT2D eigenvalue weighted by Gasteiger charge is 2.27. The number of hydrogen-bond acceptors (Lipinski definition) is 3. The van der Waals surface area contributed by atoms with Gasteiger partial charge >= 0.3 is 0 Å². The van der Waals surface area contributed by atoms with Crippen LogP contribution in [0.5, 0.6) is 0 Å². The Kier molecular flexibility index (Phi) is 3.21. The van der Waals surface area contributed by atoms with Crippen molar-refractivity contribution in [1.29, 1.82) is 0 Å². The predicted octanol–water partition coefficient (Wildman–Crippen LogP) is -1.29. The highest BCUT2D eigenvalue weighted by atomic mass is 16.2. The molecule has 0 saturated heterocycles. The van der Waals surface area contributed by atoms with Crippen molar-refractivity contribution in [2.75, 3.05) is 0 Å². The lowest BCUT2D eigenvalue weighted by molar-refractivity contribution is -0.125. The van der Waals surface area contributed by atoms with Gasteiger partial charge < -0.3 is 11.5 Å². The fraction of sp³-hybridized carbons (Fsp3) is 0.714. The van der Waals surface area contributed by atoms with Crippen LogP contribution in [0, 0.1) is 0 Å². The molecular formula is C7H15N3O2. The molecule has 0 aliphatic carbocycles. The van der Waals surface area contributed by atoms with Gasteiger partial charge in [-0.25, -0.2) is 0 Å². The summed E-state index contributed by atoms with van der Waals surface area (Å²) in [7, 11) is 0. The Labute approximate surface area is 71.5 Å². The van der Waals surface area contributed by atoms with Gasteiger partial charge in [0.25, 0.3) is 0 Å². The maximum Gasteiger partial charge on any atom is 0.237 e. The second-order valence-electron chi connectivity index (χ2n) is 3.26. The Bertz CT molecular complexity index is 201. The molecule has 0 rings (SSSR count). The van der Waals surface area contributed by atoms with E-state index in [0.29, 0.717) is 0 Å². The SMILES string of the molecule is CC(NC(C)(C)C(N)=O)C(N)=O. The minimum Gasteiger partial charge on any atom is -0.368 e. The number of nitrogens with one attached hydrogen (secondary N) is 1. The molecule has 0 aromatic carbocycles. The first-order chi connectivity index (χ1) is 5.27. The van der Waals surface area contributed by atoms with Gasteiger partial charge in [0.2, 0.25) is 11.8 Å². The molecule has 0 fully saturated rings. The summed E-state index contributed by atoms with van der Waals surface area (Å²) in [6.07, 6.45) is 0. The molecule has 0 bridgehead atoms. The van der Waals surface area contributed by atoms with Crippen molar-refractivity contribution in [2.24, 2.45) is 11.5 Å². The molecule has 5 nitrogen and oxygen atoms in total. The van der Waals surface area contributed by atoms with Crippen LogP contribution in [0.2, 0.25) is 0 Å². The van der Waals surface area contributed by atoms with Gasteiger partial charge in [-0.2, -0.15) is 0 Å². The number of amides is 2. The lowest BCUT2D eigenvalue weighted by atomic mass is 10.0. The van der Waals surface area contributed by atoms with Crippen LogP contribution >= 0.6 is 0 Å². The van der Waals surface area contributed by atoms with Crippen LogP contribution in [0.4, 0.5) is 0 Å². The molecule has 2 amide bonds. The number of carbonyl (C=O) groups excluding carboxylic acids is 2. The molecule has 1 atom stereocenters. The van der Waals surface area contributed by atoms with E-state index in [1.165, 1.54) is 0 Å². The van der Waals surface area contributed by atoms with E-state index in [0.717, 1.165) is 0 Å². The fourth-order valence-corrected chi connectivity index (χ4v) is 0.684. The van der Waals surface area contributed by atoms with E-state index in [1.54, 1.807) is 20.8 Å². The van der Waals surface area contributed by atoms with E-state index in [9.17, 15) is 9.59 Å². The van der Waals surface area contributed by atoms with Crippen molar-refractivity contribution < 1.29 is 9.59 Å². The molecule has 70 valence electrons. The van der Waals surface area contributed by atoms with E-state index in [1.807, 2.05) is 0 Å². The second-order valence-corrected chi connectivity index (χ2v) is 3.26. The van der Waals surface area contributed by atoms with Gasteiger partial charge in [0.05, 0.1) is 11.6 Å². The van der Waals surface area contributed by atoms with Crippen molar-refractivity contribution in [3.8, 4) is 0 Å². The van der Waals surface area contributed by atoms with Crippen LogP contribution in [0.25, 0.3) is 0 Å². The van der Waals surface area contributed by atoms with E-state index in [4.69, 9.17) is 11.5 Å². The molecule has 0 spiro atoms. The predicted molar refractivity (Wildman–Crippen MR) is 45.1 cm³/mol. The highest BCUT2D eigenvalue weighted by molar-refractivity contribution is 5.85. The number of nitrogens with two attached hydrogens (primary N) is 2. The summed E-state index contributed by atoms with van der Waals surface area (Å²) in [5, 5.41) is 2.71. The Hall–Kier alpha value is -1.10. The summed E-state index contributed by atoms with van der Waals surface area (Å²) in [6, 6.07) is -0.563. The van der Waals surface area contributed by atoms with E-state index in [-0.39, 0.29) is 0 Å². The Morgan fingerprint density at radius 1 is 1.33 bits per heavy atom. The van der Waals surface area contributed by atoms with Crippen LogP contribution in [0.3, 0.4) is 0 Å². The summed E-state index contributed by atoms with van der Waals surface area (Å²) in [5.41, 5.74) is 9.15. The van der Waals surface area contributed by atoms with Crippen molar-refractivity contribution in [1.82, 2.24) is 5.32 Å². The maximum absolute atomic E-state index is 10.8. The lowest BCUT2D eigenvalue weighted by Crippen LogP contribution is -2.56.